The molecular weight excluding hydrogens is 314 g/mol. The molecule has 2 rings (SSSR count). The maximum Gasteiger partial charge on any atom is 0.120 e. The summed E-state index contributed by atoms with van der Waals surface area (Å²) in [5.74, 6) is 0. The van der Waals surface area contributed by atoms with Gasteiger partial charge in [0.1, 0.15) is 6.10 Å². The summed E-state index contributed by atoms with van der Waals surface area (Å²) in [7, 11) is 0. The molecule has 1 aromatic carbocycles. The Morgan fingerprint density at radius 3 is 2.44 bits per heavy atom. The van der Waals surface area contributed by atoms with Gasteiger partial charge >= 0.3 is 0 Å². The third-order valence-electron chi connectivity index (χ3n) is 3.38. The van der Waals surface area contributed by atoms with Gasteiger partial charge in [-0.3, -0.25) is 0 Å². The molecule has 0 radical (unpaired) electrons. The van der Waals surface area contributed by atoms with Crippen LogP contribution in [0.5, 0.6) is 0 Å². The van der Waals surface area contributed by atoms with Crippen molar-refractivity contribution in [2.24, 2.45) is 0 Å². The number of aromatic nitrogens is 1. The van der Waals surface area contributed by atoms with Crippen LogP contribution in [0.3, 0.4) is 0 Å². The van der Waals surface area contributed by atoms with Gasteiger partial charge in [0.2, 0.25) is 0 Å². The number of H-pyrrole nitrogens is 1. The van der Waals surface area contributed by atoms with Crippen molar-refractivity contribution < 1.29 is 5.11 Å². The molecule has 18 heavy (non-hydrogen) atoms. The topological polar surface area (TPSA) is 36.0 Å². The molecular formula is C14H15BrClNO. The zero-order valence-corrected chi connectivity index (χ0v) is 12.9. The molecule has 0 aliphatic carbocycles. The van der Waals surface area contributed by atoms with Crippen LogP contribution in [0.4, 0.5) is 0 Å². The van der Waals surface area contributed by atoms with Crippen LogP contribution in [0.1, 0.15) is 34.2 Å². The van der Waals surface area contributed by atoms with E-state index >= 15 is 0 Å². The van der Waals surface area contributed by atoms with Crippen molar-refractivity contribution in [3.05, 3.63) is 55.8 Å². The second kappa shape index (κ2) is 5.08. The lowest BCUT2D eigenvalue weighted by Gasteiger charge is -2.13. The number of rotatable bonds is 2. The summed E-state index contributed by atoms with van der Waals surface area (Å²) in [4.78, 5) is 3.24. The Balaban J connectivity index is 2.50. The molecule has 0 fully saturated rings. The van der Waals surface area contributed by atoms with Crippen LogP contribution in [0, 0.1) is 20.8 Å². The number of aliphatic hydroxyl groups excluding tert-OH is 1. The van der Waals surface area contributed by atoms with Gasteiger partial charge in [-0.2, -0.15) is 0 Å². The van der Waals surface area contributed by atoms with Gasteiger partial charge in [-0.05, 0) is 50.1 Å². The molecule has 1 aromatic heterocycles. The summed E-state index contributed by atoms with van der Waals surface area (Å²) in [6.45, 7) is 6.06. The van der Waals surface area contributed by atoms with Crippen molar-refractivity contribution >= 4 is 27.5 Å². The van der Waals surface area contributed by atoms with E-state index in [4.69, 9.17) is 11.6 Å². The number of halogens is 2. The van der Waals surface area contributed by atoms with Crippen molar-refractivity contribution in [2.45, 2.75) is 26.9 Å². The van der Waals surface area contributed by atoms with E-state index < -0.39 is 6.10 Å². The van der Waals surface area contributed by atoms with Crippen LogP contribution in [-0.2, 0) is 0 Å². The smallest absolute Gasteiger partial charge is 0.120 e. The molecule has 1 unspecified atom stereocenters. The monoisotopic (exact) mass is 327 g/mol. The van der Waals surface area contributed by atoms with Crippen LogP contribution < -0.4 is 0 Å². The van der Waals surface area contributed by atoms with Crippen molar-refractivity contribution in [3.63, 3.8) is 0 Å². The average Bonchev–Trinajstić information content (AvgIpc) is 2.59. The number of hydrogen-bond acceptors (Lipinski definition) is 1. The normalized spacial score (nSPS) is 12.8. The number of aliphatic hydroxyl groups is 1. The highest BCUT2D eigenvalue weighted by molar-refractivity contribution is 9.10. The molecule has 2 N–H and O–H groups in total. The molecule has 0 bridgehead atoms. The maximum absolute atomic E-state index is 10.5. The molecule has 0 aliphatic rings. The van der Waals surface area contributed by atoms with Crippen molar-refractivity contribution in [2.75, 3.05) is 0 Å². The lowest BCUT2D eigenvalue weighted by atomic mass is 10.0. The zero-order valence-electron chi connectivity index (χ0n) is 10.5. The van der Waals surface area contributed by atoms with E-state index in [1.54, 1.807) is 12.1 Å². The molecule has 1 atom stereocenters. The quantitative estimate of drug-likeness (QED) is 0.840. The molecule has 0 saturated carbocycles. The average molecular weight is 329 g/mol. The van der Waals surface area contributed by atoms with E-state index in [2.05, 4.69) is 20.9 Å². The highest BCUT2D eigenvalue weighted by Gasteiger charge is 2.19. The van der Waals surface area contributed by atoms with Gasteiger partial charge in [0.25, 0.3) is 0 Å². The number of benzene rings is 1. The lowest BCUT2D eigenvalue weighted by Crippen LogP contribution is -2.03. The molecule has 2 nitrogen and oxygen atoms in total. The van der Waals surface area contributed by atoms with Crippen molar-refractivity contribution in [3.8, 4) is 0 Å². The third kappa shape index (κ3) is 2.35. The van der Waals surface area contributed by atoms with Gasteiger partial charge < -0.3 is 10.1 Å². The second-order valence-corrected chi connectivity index (χ2v) is 5.77. The molecule has 0 aliphatic heterocycles. The Morgan fingerprint density at radius 1 is 1.22 bits per heavy atom. The minimum Gasteiger partial charge on any atom is -0.382 e. The summed E-state index contributed by atoms with van der Waals surface area (Å²) in [5.41, 5.74) is 4.95. The number of aryl methyl sites for hydroxylation is 1. The Bertz CT molecular complexity index is 592. The highest BCUT2D eigenvalue weighted by atomic mass is 79.9. The number of hydrogen-bond donors (Lipinski definition) is 2. The van der Waals surface area contributed by atoms with Gasteiger partial charge in [-0.25, -0.2) is 0 Å². The predicted octanol–water partition coefficient (Wildman–Crippen LogP) is 4.44. The first-order chi connectivity index (χ1) is 8.41. The van der Waals surface area contributed by atoms with E-state index in [1.807, 2.05) is 26.8 Å². The predicted molar refractivity (Wildman–Crippen MR) is 78.2 cm³/mol. The molecule has 4 heteroatoms. The number of nitrogens with one attached hydrogen (secondary N) is 1. The fourth-order valence-corrected chi connectivity index (χ4v) is 2.67. The molecule has 0 spiro atoms. The van der Waals surface area contributed by atoms with Crippen molar-refractivity contribution in [1.29, 1.82) is 0 Å². The Kier molecular flexibility index (Phi) is 3.85. The molecule has 96 valence electrons. The molecule has 2 aromatic rings. The van der Waals surface area contributed by atoms with E-state index in [0.29, 0.717) is 5.02 Å². The van der Waals surface area contributed by atoms with Gasteiger partial charge in [-0.15, -0.1) is 0 Å². The van der Waals surface area contributed by atoms with E-state index in [-0.39, 0.29) is 0 Å². The zero-order chi connectivity index (χ0) is 13.4. The van der Waals surface area contributed by atoms with E-state index in [9.17, 15) is 5.11 Å². The Morgan fingerprint density at radius 2 is 1.89 bits per heavy atom. The fraction of sp³-hybridized carbons (Fsp3) is 0.286. The van der Waals surface area contributed by atoms with Crippen LogP contribution in [0.2, 0.25) is 5.02 Å². The lowest BCUT2D eigenvalue weighted by molar-refractivity contribution is 0.214. The highest BCUT2D eigenvalue weighted by Crippen LogP contribution is 2.33. The summed E-state index contributed by atoms with van der Waals surface area (Å²) in [6.07, 6.45) is -0.703. The first-order valence-corrected chi connectivity index (χ1v) is 6.87. The first-order valence-electron chi connectivity index (χ1n) is 5.70. The van der Waals surface area contributed by atoms with Gasteiger partial charge in [0.15, 0.2) is 0 Å². The molecule has 1 heterocycles. The van der Waals surface area contributed by atoms with Crippen LogP contribution in [-0.4, -0.2) is 10.1 Å². The standard InChI is InChI=1S/C14H15BrClNO/c1-7-8(2)13(17-9(7)3)14(18)11-6-10(16)4-5-12(11)15/h4-6,14,17-18H,1-3H3. The van der Waals surface area contributed by atoms with Gasteiger partial charge in [-0.1, -0.05) is 27.5 Å². The van der Waals surface area contributed by atoms with Crippen LogP contribution in [0.25, 0.3) is 0 Å². The van der Waals surface area contributed by atoms with Crippen LogP contribution in [0.15, 0.2) is 22.7 Å². The largest absolute Gasteiger partial charge is 0.382 e. The van der Waals surface area contributed by atoms with Crippen LogP contribution >= 0.6 is 27.5 Å². The van der Waals surface area contributed by atoms with Crippen molar-refractivity contribution in [1.82, 2.24) is 4.98 Å². The first kappa shape index (κ1) is 13.7. The Labute approximate surface area is 120 Å². The summed E-state index contributed by atoms with van der Waals surface area (Å²) in [6, 6.07) is 5.42. The third-order valence-corrected chi connectivity index (χ3v) is 4.33. The summed E-state index contributed by atoms with van der Waals surface area (Å²) in [5, 5.41) is 11.1. The van der Waals surface area contributed by atoms with E-state index in [1.165, 1.54) is 5.56 Å². The molecule has 0 saturated heterocycles. The second-order valence-electron chi connectivity index (χ2n) is 4.48. The Hall–Kier alpha value is -0.770. The maximum atomic E-state index is 10.5. The fourth-order valence-electron chi connectivity index (χ4n) is 2.03. The molecule has 0 amide bonds. The number of aromatic amines is 1. The minimum absolute atomic E-state index is 0.616. The van der Waals surface area contributed by atoms with Gasteiger partial charge in [0, 0.05) is 20.8 Å². The summed E-state index contributed by atoms with van der Waals surface area (Å²) >= 11 is 9.43. The summed E-state index contributed by atoms with van der Waals surface area (Å²) < 4.78 is 0.851. The minimum atomic E-state index is -0.703. The van der Waals surface area contributed by atoms with Gasteiger partial charge in [0.05, 0.1) is 5.69 Å². The SMILES string of the molecule is Cc1[nH]c(C(O)c2cc(Cl)ccc2Br)c(C)c1C. The van der Waals surface area contributed by atoms with E-state index in [0.717, 1.165) is 27.0 Å².